The molecule has 5 nitrogen and oxygen atoms in total. The van der Waals surface area contributed by atoms with Crippen LogP contribution in [0.5, 0.6) is 11.5 Å². The van der Waals surface area contributed by atoms with Gasteiger partial charge in [0.25, 0.3) is 0 Å². The number of nitrogens with zero attached hydrogens (tertiary/aromatic N) is 2. The molecule has 0 aliphatic heterocycles. The average Bonchev–Trinajstić information content (AvgIpc) is 3.31. The SMILES string of the molecule is COc1cc(OC)c2ncnc(NC(C)C3CC3)c2c1. The highest BCUT2D eigenvalue weighted by Crippen LogP contribution is 2.36. The van der Waals surface area contributed by atoms with E-state index < -0.39 is 0 Å². The predicted octanol–water partition coefficient (Wildman–Crippen LogP) is 2.86. The van der Waals surface area contributed by atoms with Crippen LogP contribution in [0.2, 0.25) is 0 Å². The third-order valence-corrected chi connectivity index (χ3v) is 3.83. The maximum absolute atomic E-state index is 5.39. The molecule has 3 rings (SSSR count). The van der Waals surface area contributed by atoms with Gasteiger partial charge in [0.05, 0.1) is 19.6 Å². The third kappa shape index (κ3) is 2.35. The first-order chi connectivity index (χ1) is 9.72. The minimum absolute atomic E-state index is 0.422. The lowest BCUT2D eigenvalue weighted by atomic mass is 10.1. The van der Waals surface area contributed by atoms with Gasteiger partial charge in [-0.2, -0.15) is 0 Å². The lowest BCUT2D eigenvalue weighted by Gasteiger charge is -2.16. The van der Waals surface area contributed by atoms with Gasteiger partial charge in [0.15, 0.2) is 0 Å². The van der Waals surface area contributed by atoms with Crippen LogP contribution in [0, 0.1) is 5.92 Å². The molecule has 1 N–H and O–H groups in total. The zero-order valence-corrected chi connectivity index (χ0v) is 12.0. The summed E-state index contributed by atoms with van der Waals surface area (Å²) >= 11 is 0. The maximum atomic E-state index is 5.39. The molecule has 1 saturated carbocycles. The van der Waals surface area contributed by atoms with E-state index in [0.717, 1.165) is 28.4 Å². The summed E-state index contributed by atoms with van der Waals surface area (Å²) in [5, 5.41) is 4.41. The highest BCUT2D eigenvalue weighted by Gasteiger charge is 2.28. The van der Waals surface area contributed by atoms with E-state index in [4.69, 9.17) is 9.47 Å². The van der Waals surface area contributed by atoms with Gasteiger partial charge in [-0.3, -0.25) is 0 Å². The minimum Gasteiger partial charge on any atom is -0.497 e. The van der Waals surface area contributed by atoms with Crippen LogP contribution in [-0.2, 0) is 0 Å². The Morgan fingerprint density at radius 2 is 2.00 bits per heavy atom. The molecule has 0 saturated heterocycles. The Balaban J connectivity index is 2.06. The summed E-state index contributed by atoms with van der Waals surface area (Å²) in [7, 11) is 3.28. The largest absolute Gasteiger partial charge is 0.497 e. The summed E-state index contributed by atoms with van der Waals surface area (Å²) < 4.78 is 10.7. The Morgan fingerprint density at radius 3 is 2.65 bits per heavy atom. The highest BCUT2D eigenvalue weighted by atomic mass is 16.5. The van der Waals surface area contributed by atoms with E-state index in [9.17, 15) is 0 Å². The van der Waals surface area contributed by atoms with Gasteiger partial charge >= 0.3 is 0 Å². The van der Waals surface area contributed by atoms with Crippen LogP contribution in [0.3, 0.4) is 0 Å². The van der Waals surface area contributed by atoms with Crippen LogP contribution in [0.25, 0.3) is 10.9 Å². The number of fused-ring (bicyclic) bond motifs is 1. The number of methoxy groups -OCH3 is 2. The van der Waals surface area contributed by atoms with Crippen molar-refractivity contribution in [1.29, 1.82) is 0 Å². The van der Waals surface area contributed by atoms with Gasteiger partial charge in [0, 0.05) is 12.1 Å². The fourth-order valence-electron chi connectivity index (χ4n) is 2.43. The first kappa shape index (κ1) is 13.0. The molecule has 1 aliphatic rings. The fourth-order valence-corrected chi connectivity index (χ4v) is 2.43. The smallest absolute Gasteiger partial charge is 0.148 e. The molecule has 1 atom stereocenters. The van der Waals surface area contributed by atoms with Gasteiger partial charge in [0.1, 0.15) is 29.2 Å². The number of aromatic nitrogens is 2. The molecule has 1 heterocycles. The first-order valence-electron chi connectivity index (χ1n) is 6.86. The van der Waals surface area contributed by atoms with Crippen molar-refractivity contribution in [3.8, 4) is 11.5 Å². The molecule has 1 unspecified atom stereocenters. The normalized spacial score (nSPS) is 15.9. The summed E-state index contributed by atoms with van der Waals surface area (Å²) in [6.45, 7) is 2.20. The van der Waals surface area contributed by atoms with E-state index in [-0.39, 0.29) is 0 Å². The molecule has 1 fully saturated rings. The fraction of sp³-hybridized carbons (Fsp3) is 0.467. The molecule has 0 bridgehead atoms. The van der Waals surface area contributed by atoms with Crippen LogP contribution in [-0.4, -0.2) is 30.2 Å². The number of anilines is 1. The molecule has 0 radical (unpaired) electrons. The zero-order valence-electron chi connectivity index (χ0n) is 12.0. The Bertz CT molecular complexity index is 626. The number of nitrogens with one attached hydrogen (secondary N) is 1. The van der Waals surface area contributed by atoms with E-state index in [1.165, 1.54) is 12.8 Å². The Morgan fingerprint density at radius 1 is 1.20 bits per heavy atom. The molecule has 1 aromatic heterocycles. The molecular weight excluding hydrogens is 254 g/mol. The van der Waals surface area contributed by atoms with Crippen LogP contribution >= 0.6 is 0 Å². The van der Waals surface area contributed by atoms with Crippen LogP contribution < -0.4 is 14.8 Å². The monoisotopic (exact) mass is 273 g/mol. The standard InChI is InChI=1S/C15H19N3O2/c1-9(10-4-5-10)18-15-12-6-11(19-2)7-13(20-3)14(12)16-8-17-15/h6-10H,4-5H2,1-3H3,(H,16,17,18). The van der Waals surface area contributed by atoms with Gasteiger partial charge in [-0.05, 0) is 31.7 Å². The van der Waals surface area contributed by atoms with Gasteiger partial charge in [-0.25, -0.2) is 9.97 Å². The van der Waals surface area contributed by atoms with Crippen molar-refractivity contribution in [3.05, 3.63) is 18.5 Å². The minimum atomic E-state index is 0.422. The van der Waals surface area contributed by atoms with E-state index in [1.54, 1.807) is 20.5 Å². The number of hydrogen-bond acceptors (Lipinski definition) is 5. The lowest BCUT2D eigenvalue weighted by Crippen LogP contribution is -2.18. The van der Waals surface area contributed by atoms with Crippen LogP contribution in [0.15, 0.2) is 18.5 Å². The zero-order chi connectivity index (χ0) is 14.1. The van der Waals surface area contributed by atoms with Crippen LogP contribution in [0.1, 0.15) is 19.8 Å². The van der Waals surface area contributed by atoms with Crippen molar-refractivity contribution in [1.82, 2.24) is 9.97 Å². The van der Waals surface area contributed by atoms with Crippen molar-refractivity contribution in [2.45, 2.75) is 25.8 Å². The van der Waals surface area contributed by atoms with Crippen molar-refractivity contribution < 1.29 is 9.47 Å². The maximum Gasteiger partial charge on any atom is 0.148 e. The summed E-state index contributed by atoms with van der Waals surface area (Å²) in [6.07, 6.45) is 4.16. The second-order valence-electron chi connectivity index (χ2n) is 5.22. The second kappa shape index (κ2) is 5.15. The lowest BCUT2D eigenvalue weighted by molar-refractivity contribution is 0.397. The molecule has 1 aromatic carbocycles. The summed E-state index contributed by atoms with van der Waals surface area (Å²) in [4.78, 5) is 8.70. The van der Waals surface area contributed by atoms with Gasteiger partial charge < -0.3 is 14.8 Å². The first-order valence-corrected chi connectivity index (χ1v) is 6.86. The molecule has 0 amide bonds. The molecule has 5 heteroatoms. The van der Waals surface area contributed by atoms with Crippen molar-refractivity contribution in [2.75, 3.05) is 19.5 Å². The molecule has 20 heavy (non-hydrogen) atoms. The summed E-state index contributed by atoms with van der Waals surface area (Å²) in [6, 6.07) is 4.20. The average molecular weight is 273 g/mol. The molecule has 106 valence electrons. The van der Waals surface area contributed by atoms with E-state index >= 15 is 0 Å². The van der Waals surface area contributed by atoms with Crippen molar-refractivity contribution in [2.24, 2.45) is 5.92 Å². The van der Waals surface area contributed by atoms with Crippen molar-refractivity contribution in [3.63, 3.8) is 0 Å². The molecule has 1 aliphatic carbocycles. The number of ether oxygens (including phenoxy) is 2. The predicted molar refractivity (Wildman–Crippen MR) is 78.5 cm³/mol. The van der Waals surface area contributed by atoms with Crippen molar-refractivity contribution >= 4 is 16.7 Å². The molecular formula is C15H19N3O2. The summed E-state index contributed by atoms with van der Waals surface area (Å²) in [5.74, 6) is 3.04. The molecule has 2 aromatic rings. The Labute approximate surface area is 118 Å². The highest BCUT2D eigenvalue weighted by molar-refractivity contribution is 5.94. The second-order valence-corrected chi connectivity index (χ2v) is 5.22. The molecule has 0 spiro atoms. The number of benzene rings is 1. The Hall–Kier alpha value is -2.04. The third-order valence-electron chi connectivity index (χ3n) is 3.83. The van der Waals surface area contributed by atoms with Gasteiger partial charge in [0.2, 0.25) is 0 Å². The summed E-state index contributed by atoms with van der Waals surface area (Å²) in [5.41, 5.74) is 0.800. The van der Waals surface area contributed by atoms with Crippen LogP contribution in [0.4, 0.5) is 5.82 Å². The van der Waals surface area contributed by atoms with E-state index in [0.29, 0.717) is 11.8 Å². The topological polar surface area (TPSA) is 56.3 Å². The quantitative estimate of drug-likeness (QED) is 0.907. The van der Waals surface area contributed by atoms with E-state index in [2.05, 4.69) is 22.2 Å². The Kier molecular flexibility index (Phi) is 3.34. The number of hydrogen-bond donors (Lipinski definition) is 1. The van der Waals surface area contributed by atoms with E-state index in [1.807, 2.05) is 12.1 Å². The number of rotatable bonds is 5. The van der Waals surface area contributed by atoms with Gasteiger partial charge in [-0.15, -0.1) is 0 Å². The van der Waals surface area contributed by atoms with Gasteiger partial charge in [-0.1, -0.05) is 0 Å².